The van der Waals surface area contributed by atoms with Gasteiger partial charge in [-0.3, -0.25) is 0 Å². The highest BCUT2D eigenvalue weighted by molar-refractivity contribution is 9.11. The van der Waals surface area contributed by atoms with E-state index in [4.69, 9.17) is 0 Å². The molecule has 1 N–H and O–H groups in total. The number of esters is 1. The van der Waals surface area contributed by atoms with Crippen LogP contribution in [0, 0.1) is 0 Å². The maximum absolute atomic E-state index is 10.9. The number of carbonyl (C=O) groups excluding carboxylic acids is 1. The zero-order valence-corrected chi connectivity index (χ0v) is 8.09. The fourth-order valence-corrected chi connectivity index (χ4v) is 1.09. The van der Waals surface area contributed by atoms with Crippen LogP contribution in [0.5, 0.6) is 0 Å². The molecule has 1 aromatic rings. The van der Waals surface area contributed by atoms with E-state index >= 15 is 0 Å². The zero-order chi connectivity index (χ0) is 8.97. The fraction of sp³-hybridized carbons (Fsp3) is 0.125. The van der Waals surface area contributed by atoms with Crippen LogP contribution in [-0.2, 0) is 4.74 Å². The van der Waals surface area contributed by atoms with E-state index in [0.29, 0.717) is 5.69 Å². The summed E-state index contributed by atoms with van der Waals surface area (Å²) < 4.78 is 4.52. The SMILES string of the molecule is COC(=O)c1ccc(/C=C/Br)[nH]1. The first kappa shape index (κ1) is 9.06. The maximum atomic E-state index is 10.9. The molecule has 0 atom stereocenters. The molecule has 0 aliphatic rings. The molecule has 0 amide bonds. The Morgan fingerprint density at radius 3 is 3.00 bits per heavy atom. The molecule has 1 aromatic heterocycles. The Morgan fingerprint density at radius 1 is 1.67 bits per heavy atom. The van der Waals surface area contributed by atoms with E-state index in [1.165, 1.54) is 7.11 Å². The number of hydrogen-bond acceptors (Lipinski definition) is 2. The molecule has 64 valence electrons. The van der Waals surface area contributed by atoms with E-state index in [2.05, 4.69) is 25.7 Å². The van der Waals surface area contributed by atoms with E-state index in [1.54, 1.807) is 23.2 Å². The van der Waals surface area contributed by atoms with Gasteiger partial charge < -0.3 is 9.72 Å². The van der Waals surface area contributed by atoms with E-state index in [1.807, 2.05) is 0 Å². The minimum atomic E-state index is -0.357. The van der Waals surface area contributed by atoms with Crippen molar-refractivity contribution in [3.05, 3.63) is 28.5 Å². The molecule has 12 heavy (non-hydrogen) atoms. The van der Waals surface area contributed by atoms with Crippen LogP contribution < -0.4 is 0 Å². The smallest absolute Gasteiger partial charge is 0.354 e. The highest BCUT2D eigenvalue weighted by Gasteiger charge is 2.05. The minimum Gasteiger partial charge on any atom is -0.464 e. The molecule has 1 rings (SSSR count). The molecule has 0 aliphatic carbocycles. The molecule has 3 nitrogen and oxygen atoms in total. The largest absolute Gasteiger partial charge is 0.464 e. The number of H-pyrrole nitrogens is 1. The third kappa shape index (κ3) is 1.98. The molecule has 0 radical (unpaired) electrons. The van der Waals surface area contributed by atoms with Crippen LogP contribution in [0.1, 0.15) is 16.2 Å². The Bertz CT molecular complexity index is 304. The van der Waals surface area contributed by atoms with Crippen molar-refractivity contribution in [3.63, 3.8) is 0 Å². The molecule has 0 spiro atoms. The van der Waals surface area contributed by atoms with Crippen molar-refractivity contribution in [3.8, 4) is 0 Å². The Morgan fingerprint density at radius 2 is 2.42 bits per heavy atom. The molecule has 0 bridgehead atoms. The number of nitrogens with one attached hydrogen (secondary N) is 1. The molecule has 0 saturated carbocycles. The van der Waals surface area contributed by atoms with Crippen LogP contribution in [0.15, 0.2) is 17.1 Å². The summed E-state index contributed by atoms with van der Waals surface area (Å²) >= 11 is 3.13. The van der Waals surface area contributed by atoms with Crippen LogP contribution in [0.2, 0.25) is 0 Å². The summed E-state index contributed by atoms with van der Waals surface area (Å²) in [5.74, 6) is -0.357. The van der Waals surface area contributed by atoms with Gasteiger partial charge in [0.05, 0.1) is 7.11 Å². The average Bonchev–Trinajstić information content (AvgIpc) is 2.52. The molecule has 0 fully saturated rings. The average molecular weight is 230 g/mol. The molecule has 0 saturated heterocycles. The number of hydrogen-bond donors (Lipinski definition) is 1. The lowest BCUT2D eigenvalue weighted by Gasteiger charge is -1.92. The van der Waals surface area contributed by atoms with Gasteiger partial charge in [0.25, 0.3) is 0 Å². The van der Waals surface area contributed by atoms with Crippen molar-refractivity contribution >= 4 is 28.0 Å². The maximum Gasteiger partial charge on any atom is 0.354 e. The van der Waals surface area contributed by atoms with Gasteiger partial charge in [0, 0.05) is 5.69 Å². The summed E-state index contributed by atoms with van der Waals surface area (Å²) in [7, 11) is 1.35. The number of aromatic nitrogens is 1. The van der Waals surface area contributed by atoms with Crippen molar-refractivity contribution in [1.29, 1.82) is 0 Å². The summed E-state index contributed by atoms with van der Waals surface area (Å²) in [6.45, 7) is 0. The zero-order valence-electron chi connectivity index (χ0n) is 6.50. The Kier molecular flexibility index (Phi) is 3.10. The van der Waals surface area contributed by atoms with Crippen molar-refractivity contribution in [2.45, 2.75) is 0 Å². The van der Waals surface area contributed by atoms with E-state index in [0.717, 1.165) is 5.69 Å². The Balaban J connectivity index is 2.84. The Labute approximate surface area is 78.6 Å². The topological polar surface area (TPSA) is 42.1 Å². The summed E-state index contributed by atoms with van der Waals surface area (Å²) in [5.41, 5.74) is 1.31. The number of aromatic amines is 1. The van der Waals surface area contributed by atoms with Crippen molar-refractivity contribution in [2.24, 2.45) is 0 Å². The van der Waals surface area contributed by atoms with Gasteiger partial charge in [0.1, 0.15) is 5.69 Å². The molecular weight excluding hydrogens is 222 g/mol. The van der Waals surface area contributed by atoms with Gasteiger partial charge in [-0.25, -0.2) is 4.79 Å². The number of rotatable bonds is 2. The molecule has 0 aliphatic heterocycles. The number of carbonyl (C=O) groups is 1. The van der Waals surface area contributed by atoms with Gasteiger partial charge in [-0.15, -0.1) is 0 Å². The standard InChI is InChI=1S/C8H8BrNO2/c1-12-8(11)7-3-2-6(10-7)4-5-9/h2-5,10H,1H3/b5-4+. The Hall–Kier alpha value is -1.03. The van der Waals surface area contributed by atoms with Gasteiger partial charge in [-0.2, -0.15) is 0 Å². The predicted molar refractivity (Wildman–Crippen MR) is 50.1 cm³/mol. The second-order valence-electron chi connectivity index (χ2n) is 2.11. The molecular formula is C8H8BrNO2. The third-order valence-corrected chi connectivity index (χ3v) is 1.62. The lowest BCUT2D eigenvalue weighted by atomic mass is 10.4. The molecule has 4 heteroatoms. The van der Waals surface area contributed by atoms with Gasteiger partial charge in [-0.1, -0.05) is 15.9 Å². The summed E-state index contributed by atoms with van der Waals surface area (Å²) in [4.78, 5) is 15.5. The van der Waals surface area contributed by atoms with Crippen molar-refractivity contribution in [1.82, 2.24) is 4.98 Å². The lowest BCUT2D eigenvalue weighted by molar-refractivity contribution is 0.0595. The highest BCUT2D eigenvalue weighted by atomic mass is 79.9. The first-order valence-corrected chi connectivity index (χ1v) is 4.23. The first-order valence-electron chi connectivity index (χ1n) is 3.32. The van der Waals surface area contributed by atoms with Gasteiger partial charge >= 0.3 is 5.97 Å². The monoisotopic (exact) mass is 229 g/mol. The third-order valence-electron chi connectivity index (χ3n) is 1.36. The van der Waals surface area contributed by atoms with Crippen LogP contribution in [-0.4, -0.2) is 18.1 Å². The molecule has 0 aromatic carbocycles. The minimum absolute atomic E-state index is 0.357. The van der Waals surface area contributed by atoms with Gasteiger partial charge in [0.15, 0.2) is 0 Å². The second-order valence-corrected chi connectivity index (χ2v) is 2.64. The van der Waals surface area contributed by atoms with Crippen molar-refractivity contribution in [2.75, 3.05) is 7.11 Å². The predicted octanol–water partition coefficient (Wildman–Crippen LogP) is 2.17. The highest BCUT2D eigenvalue weighted by Crippen LogP contribution is 2.05. The molecule has 1 heterocycles. The summed E-state index contributed by atoms with van der Waals surface area (Å²) in [6, 6.07) is 3.47. The second kappa shape index (κ2) is 4.11. The first-order chi connectivity index (χ1) is 5.77. The van der Waals surface area contributed by atoms with Gasteiger partial charge in [-0.05, 0) is 23.2 Å². The number of halogens is 1. The van der Waals surface area contributed by atoms with E-state index in [-0.39, 0.29) is 5.97 Å². The van der Waals surface area contributed by atoms with E-state index in [9.17, 15) is 4.79 Å². The van der Waals surface area contributed by atoms with Gasteiger partial charge in [0.2, 0.25) is 0 Å². The number of ether oxygens (including phenoxy) is 1. The normalized spacial score (nSPS) is 10.5. The van der Waals surface area contributed by atoms with E-state index < -0.39 is 0 Å². The van der Waals surface area contributed by atoms with Crippen LogP contribution in [0.4, 0.5) is 0 Å². The number of methoxy groups -OCH3 is 1. The summed E-state index contributed by atoms with van der Waals surface area (Å²) in [5, 5.41) is 0. The fourth-order valence-electron chi connectivity index (χ4n) is 0.806. The summed E-state index contributed by atoms with van der Waals surface area (Å²) in [6.07, 6.45) is 1.80. The molecule has 0 unspecified atom stereocenters. The quantitative estimate of drug-likeness (QED) is 0.791. The van der Waals surface area contributed by atoms with Crippen LogP contribution >= 0.6 is 15.9 Å². The van der Waals surface area contributed by atoms with Crippen LogP contribution in [0.25, 0.3) is 6.08 Å². The van der Waals surface area contributed by atoms with Crippen molar-refractivity contribution < 1.29 is 9.53 Å². The lowest BCUT2D eigenvalue weighted by Crippen LogP contribution is -2.00. The van der Waals surface area contributed by atoms with Crippen LogP contribution in [0.3, 0.4) is 0 Å².